The summed E-state index contributed by atoms with van der Waals surface area (Å²) in [4.78, 5) is 15.7. The molecule has 1 aromatic heterocycles. The second-order valence-corrected chi connectivity index (χ2v) is 5.13. The highest BCUT2D eigenvalue weighted by molar-refractivity contribution is 5.82. The summed E-state index contributed by atoms with van der Waals surface area (Å²) in [6.07, 6.45) is 0.437. The highest BCUT2D eigenvalue weighted by atomic mass is 19.1. The smallest absolute Gasteiger partial charge is 0.239 e. The molecule has 0 saturated carbocycles. The van der Waals surface area contributed by atoms with Crippen molar-refractivity contribution in [3.8, 4) is 11.6 Å². The third kappa shape index (κ3) is 4.46. The minimum atomic E-state index is -1.07. The van der Waals surface area contributed by atoms with Gasteiger partial charge in [0, 0.05) is 24.4 Å². The van der Waals surface area contributed by atoms with Crippen LogP contribution >= 0.6 is 0 Å². The molecule has 1 heterocycles. The van der Waals surface area contributed by atoms with E-state index >= 15 is 0 Å². The topological polar surface area (TPSA) is 97.5 Å². The lowest BCUT2D eigenvalue weighted by Gasteiger charge is -2.15. The maximum absolute atomic E-state index is 13.7. The lowest BCUT2D eigenvalue weighted by molar-refractivity contribution is -0.124. The fourth-order valence-electron chi connectivity index (χ4n) is 1.83. The lowest BCUT2D eigenvalue weighted by Crippen LogP contribution is -2.46. The van der Waals surface area contributed by atoms with E-state index in [1.165, 1.54) is 13.1 Å². The molecule has 0 aliphatic rings. The van der Waals surface area contributed by atoms with Crippen LogP contribution in [-0.4, -0.2) is 28.1 Å². The molecule has 0 bridgehead atoms. The first-order chi connectivity index (χ1) is 11.4. The van der Waals surface area contributed by atoms with Crippen molar-refractivity contribution in [1.82, 2.24) is 10.3 Å². The maximum Gasteiger partial charge on any atom is 0.239 e. The van der Waals surface area contributed by atoms with Crippen LogP contribution in [0.1, 0.15) is 12.5 Å². The second-order valence-electron chi connectivity index (χ2n) is 5.13. The Hall–Kier alpha value is -2.58. The minimum Gasteiger partial charge on any atom is -0.436 e. The molecule has 8 heteroatoms. The van der Waals surface area contributed by atoms with Crippen molar-refractivity contribution in [3.63, 3.8) is 0 Å². The number of aliphatic hydroxyl groups excluding tert-OH is 1. The highest BCUT2D eigenvalue weighted by Gasteiger charge is 2.19. The van der Waals surface area contributed by atoms with E-state index in [-0.39, 0.29) is 18.2 Å². The number of benzene rings is 1. The summed E-state index contributed by atoms with van der Waals surface area (Å²) in [6.45, 7) is 1.42. The van der Waals surface area contributed by atoms with E-state index < -0.39 is 29.7 Å². The monoisotopic (exact) mass is 337 g/mol. The average Bonchev–Trinajstić information content (AvgIpc) is 2.55. The molecule has 0 spiro atoms. The van der Waals surface area contributed by atoms with Gasteiger partial charge in [-0.3, -0.25) is 4.79 Å². The molecule has 0 radical (unpaired) electrons. The van der Waals surface area contributed by atoms with Crippen LogP contribution in [-0.2, 0) is 11.3 Å². The van der Waals surface area contributed by atoms with E-state index in [2.05, 4.69) is 10.3 Å². The first-order valence-corrected chi connectivity index (χ1v) is 7.16. The normalized spacial score (nSPS) is 13.2. The Bertz CT molecular complexity index is 725. The van der Waals surface area contributed by atoms with Crippen molar-refractivity contribution >= 4 is 5.91 Å². The number of carbonyl (C=O) groups excluding carboxylic acids is 1. The zero-order chi connectivity index (χ0) is 17.7. The van der Waals surface area contributed by atoms with Crippen LogP contribution in [0, 0.1) is 11.6 Å². The summed E-state index contributed by atoms with van der Waals surface area (Å²) in [5, 5.41) is 11.8. The van der Waals surface area contributed by atoms with Crippen molar-refractivity contribution in [2.24, 2.45) is 5.73 Å². The number of rotatable bonds is 6. The van der Waals surface area contributed by atoms with E-state index in [1.807, 2.05) is 0 Å². The van der Waals surface area contributed by atoms with E-state index in [4.69, 9.17) is 10.5 Å². The number of aliphatic hydroxyl groups is 1. The molecule has 0 fully saturated rings. The molecule has 0 saturated heterocycles. The number of nitrogens with zero attached hydrogens (tertiary/aromatic N) is 1. The number of hydrogen-bond acceptors (Lipinski definition) is 5. The number of nitrogens with one attached hydrogen (secondary N) is 1. The Morgan fingerprint density at radius 3 is 2.83 bits per heavy atom. The van der Waals surface area contributed by atoms with Crippen molar-refractivity contribution in [2.45, 2.75) is 25.6 Å². The molecule has 2 atom stereocenters. The third-order valence-electron chi connectivity index (χ3n) is 3.23. The maximum atomic E-state index is 13.7. The summed E-state index contributed by atoms with van der Waals surface area (Å²) in [5.41, 5.74) is 5.99. The van der Waals surface area contributed by atoms with E-state index in [0.717, 1.165) is 12.1 Å². The summed E-state index contributed by atoms with van der Waals surface area (Å²) < 4.78 is 31.9. The van der Waals surface area contributed by atoms with E-state index in [9.17, 15) is 18.7 Å². The van der Waals surface area contributed by atoms with Crippen molar-refractivity contribution < 1.29 is 23.4 Å². The molecular weight excluding hydrogens is 320 g/mol. The molecular formula is C16H17F2N3O3. The van der Waals surface area contributed by atoms with Gasteiger partial charge in [0.05, 0.1) is 6.10 Å². The number of amides is 1. The van der Waals surface area contributed by atoms with Crippen LogP contribution in [0.4, 0.5) is 8.78 Å². The van der Waals surface area contributed by atoms with E-state index in [0.29, 0.717) is 11.6 Å². The van der Waals surface area contributed by atoms with Crippen LogP contribution in [0.25, 0.3) is 0 Å². The molecule has 2 rings (SSSR count). The van der Waals surface area contributed by atoms with Gasteiger partial charge in [-0.2, -0.15) is 0 Å². The van der Waals surface area contributed by atoms with Gasteiger partial charge in [0.1, 0.15) is 11.9 Å². The van der Waals surface area contributed by atoms with Gasteiger partial charge in [0.15, 0.2) is 11.6 Å². The van der Waals surface area contributed by atoms with Crippen LogP contribution in [0.15, 0.2) is 36.5 Å². The highest BCUT2D eigenvalue weighted by Crippen LogP contribution is 2.25. The number of aromatic nitrogens is 1. The van der Waals surface area contributed by atoms with E-state index in [1.54, 1.807) is 12.1 Å². The molecule has 1 amide bonds. The first-order valence-electron chi connectivity index (χ1n) is 7.16. The second kappa shape index (κ2) is 7.80. The third-order valence-corrected chi connectivity index (χ3v) is 3.23. The van der Waals surface area contributed by atoms with Gasteiger partial charge in [-0.05, 0) is 25.1 Å². The van der Waals surface area contributed by atoms with Gasteiger partial charge >= 0.3 is 0 Å². The Kier molecular flexibility index (Phi) is 5.78. The SMILES string of the molecule is C[C@@H](O)[C@H](N)C(=O)NCc1cccnc1Oc1ccc(F)cc1F. The number of nitrogens with two attached hydrogens (primary N) is 1. The van der Waals surface area contributed by atoms with Gasteiger partial charge in [-0.15, -0.1) is 0 Å². The van der Waals surface area contributed by atoms with Gasteiger partial charge in [0.2, 0.25) is 11.8 Å². The largest absolute Gasteiger partial charge is 0.436 e. The van der Waals surface area contributed by atoms with Crippen molar-refractivity contribution in [1.29, 1.82) is 0 Å². The molecule has 0 aliphatic heterocycles. The molecule has 24 heavy (non-hydrogen) atoms. The van der Waals surface area contributed by atoms with Gasteiger partial charge < -0.3 is 20.9 Å². The fourth-order valence-corrected chi connectivity index (χ4v) is 1.83. The first kappa shape index (κ1) is 17.8. The predicted molar refractivity (Wildman–Crippen MR) is 82.2 cm³/mol. The quantitative estimate of drug-likeness (QED) is 0.742. The number of pyridine rings is 1. The Balaban J connectivity index is 2.11. The molecule has 128 valence electrons. The zero-order valence-electron chi connectivity index (χ0n) is 12.9. The number of ether oxygens (including phenoxy) is 1. The summed E-state index contributed by atoms with van der Waals surface area (Å²) >= 11 is 0. The number of hydrogen-bond donors (Lipinski definition) is 3. The predicted octanol–water partition coefficient (Wildman–Crippen LogP) is 1.48. The van der Waals surface area contributed by atoms with Crippen LogP contribution in [0.3, 0.4) is 0 Å². The molecule has 0 aliphatic carbocycles. The molecule has 4 N–H and O–H groups in total. The van der Waals surface area contributed by atoms with Crippen molar-refractivity contribution in [3.05, 3.63) is 53.7 Å². The van der Waals surface area contributed by atoms with Crippen molar-refractivity contribution in [2.75, 3.05) is 0 Å². The van der Waals surface area contributed by atoms with Crippen LogP contribution in [0.5, 0.6) is 11.6 Å². The summed E-state index contributed by atoms with van der Waals surface area (Å²) in [5.74, 6) is -2.27. The van der Waals surface area contributed by atoms with Gasteiger partial charge in [-0.1, -0.05) is 6.07 Å². The lowest BCUT2D eigenvalue weighted by atomic mass is 10.2. The molecule has 2 aromatic rings. The standard InChI is InChI=1S/C16H17F2N3O3/c1-9(22)14(19)15(23)21-8-10-3-2-6-20-16(10)24-13-5-4-11(17)7-12(13)18/h2-7,9,14,22H,8,19H2,1H3,(H,21,23)/t9-,14+/m1/s1. The Morgan fingerprint density at radius 1 is 1.42 bits per heavy atom. The van der Waals surface area contributed by atoms with Crippen LogP contribution < -0.4 is 15.8 Å². The summed E-state index contributed by atoms with van der Waals surface area (Å²) in [6, 6.07) is 5.07. The number of halogens is 2. The Labute approximate surface area is 137 Å². The molecule has 0 unspecified atom stereocenters. The molecule has 6 nitrogen and oxygen atoms in total. The summed E-state index contributed by atoms with van der Waals surface area (Å²) in [7, 11) is 0. The molecule has 1 aromatic carbocycles. The zero-order valence-corrected chi connectivity index (χ0v) is 12.9. The number of carbonyl (C=O) groups is 1. The Morgan fingerprint density at radius 2 is 2.17 bits per heavy atom. The van der Waals surface area contributed by atoms with Gasteiger partial charge in [-0.25, -0.2) is 13.8 Å². The van der Waals surface area contributed by atoms with Gasteiger partial charge in [0.25, 0.3) is 0 Å². The minimum absolute atomic E-state index is 0.0191. The average molecular weight is 337 g/mol. The van der Waals surface area contributed by atoms with Crippen LogP contribution in [0.2, 0.25) is 0 Å². The fraction of sp³-hybridized carbons (Fsp3) is 0.250.